The van der Waals surface area contributed by atoms with Crippen LogP contribution in [0, 0.1) is 6.92 Å². The van der Waals surface area contributed by atoms with Gasteiger partial charge in [0.05, 0.1) is 32.1 Å². The zero-order valence-corrected chi connectivity index (χ0v) is 15.0. The molecule has 0 unspecified atom stereocenters. The molecule has 2 aromatic rings. The van der Waals surface area contributed by atoms with E-state index in [4.69, 9.17) is 14.2 Å². The van der Waals surface area contributed by atoms with Crippen LogP contribution in [0.3, 0.4) is 0 Å². The van der Waals surface area contributed by atoms with E-state index in [1.165, 1.54) is 20.3 Å². The normalized spacial score (nSPS) is 10.2. The Hall–Kier alpha value is -3.29. The minimum absolute atomic E-state index is 0.123. The molecule has 0 radical (unpaired) electrons. The zero-order chi connectivity index (χ0) is 19.3. The van der Waals surface area contributed by atoms with Crippen LogP contribution < -0.4 is 20.3 Å². The number of nitrogens with one attached hydrogen (secondary N) is 2. The molecular formula is C18H20N2O6. The summed E-state index contributed by atoms with van der Waals surface area (Å²) in [5.74, 6) is -0.373. The summed E-state index contributed by atoms with van der Waals surface area (Å²) in [6.45, 7) is 3.41. The van der Waals surface area contributed by atoms with E-state index in [2.05, 4.69) is 10.3 Å². The van der Waals surface area contributed by atoms with Crippen LogP contribution in [0.5, 0.6) is 11.5 Å². The molecule has 0 bridgehead atoms. The lowest BCUT2D eigenvalue weighted by atomic mass is 10.1. The third-order valence-electron chi connectivity index (χ3n) is 3.64. The second-order valence-corrected chi connectivity index (χ2v) is 5.29. The maximum atomic E-state index is 12.5. The van der Waals surface area contributed by atoms with Gasteiger partial charge in [0.1, 0.15) is 17.1 Å². The van der Waals surface area contributed by atoms with E-state index in [9.17, 15) is 14.4 Å². The third kappa shape index (κ3) is 4.02. The predicted molar refractivity (Wildman–Crippen MR) is 95.3 cm³/mol. The Labute approximate surface area is 150 Å². The van der Waals surface area contributed by atoms with Crippen LogP contribution in [-0.2, 0) is 4.74 Å². The monoisotopic (exact) mass is 360 g/mol. The molecule has 1 aromatic heterocycles. The van der Waals surface area contributed by atoms with Crippen molar-refractivity contribution in [3.05, 3.63) is 51.4 Å². The van der Waals surface area contributed by atoms with Gasteiger partial charge >= 0.3 is 5.97 Å². The van der Waals surface area contributed by atoms with Crippen molar-refractivity contribution in [1.82, 2.24) is 4.98 Å². The van der Waals surface area contributed by atoms with E-state index >= 15 is 0 Å². The molecule has 1 aromatic carbocycles. The number of hydrogen-bond acceptors (Lipinski definition) is 6. The van der Waals surface area contributed by atoms with E-state index in [0.29, 0.717) is 22.9 Å². The molecule has 0 aliphatic rings. The number of methoxy groups -OCH3 is 2. The number of rotatable bonds is 6. The van der Waals surface area contributed by atoms with Crippen LogP contribution in [-0.4, -0.2) is 37.7 Å². The molecule has 0 atom stereocenters. The number of H-pyrrole nitrogens is 1. The first-order valence-electron chi connectivity index (χ1n) is 7.85. The Morgan fingerprint density at radius 1 is 1.12 bits per heavy atom. The molecule has 2 rings (SSSR count). The number of aryl methyl sites for hydroxylation is 1. The molecule has 0 aliphatic carbocycles. The summed E-state index contributed by atoms with van der Waals surface area (Å²) >= 11 is 0. The van der Waals surface area contributed by atoms with Crippen molar-refractivity contribution < 1.29 is 23.8 Å². The standard InChI is InChI=1S/C18H20N2O6/c1-5-26-18(23)12-9-13(16(21)19-10(12)2)17(22)20-14-7-6-11(24-3)8-15(14)25-4/h6-9H,5H2,1-4H3,(H,19,21)(H,20,22). The van der Waals surface area contributed by atoms with Gasteiger partial charge in [-0.1, -0.05) is 0 Å². The number of aromatic amines is 1. The van der Waals surface area contributed by atoms with Crippen molar-refractivity contribution in [2.24, 2.45) is 0 Å². The first kappa shape index (κ1) is 19.0. The average molecular weight is 360 g/mol. The molecule has 0 saturated carbocycles. The molecule has 0 saturated heterocycles. The fourth-order valence-electron chi connectivity index (χ4n) is 2.30. The second-order valence-electron chi connectivity index (χ2n) is 5.29. The molecule has 8 nitrogen and oxygen atoms in total. The van der Waals surface area contributed by atoms with E-state index in [-0.39, 0.29) is 17.7 Å². The van der Waals surface area contributed by atoms with Gasteiger partial charge in [-0.15, -0.1) is 0 Å². The number of hydrogen-bond donors (Lipinski definition) is 2. The van der Waals surface area contributed by atoms with Crippen LogP contribution in [0.2, 0.25) is 0 Å². The number of benzene rings is 1. The summed E-state index contributed by atoms with van der Waals surface area (Å²) in [6, 6.07) is 6.04. The first-order chi connectivity index (χ1) is 12.4. The van der Waals surface area contributed by atoms with E-state index in [1.807, 2.05) is 0 Å². The number of pyridine rings is 1. The number of aromatic nitrogens is 1. The summed E-state index contributed by atoms with van der Waals surface area (Å²) in [6.07, 6.45) is 0. The number of anilines is 1. The highest BCUT2D eigenvalue weighted by atomic mass is 16.5. The highest BCUT2D eigenvalue weighted by Crippen LogP contribution is 2.29. The van der Waals surface area contributed by atoms with Crippen molar-refractivity contribution in [2.75, 3.05) is 26.1 Å². The zero-order valence-electron chi connectivity index (χ0n) is 15.0. The molecule has 0 aliphatic heterocycles. The van der Waals surface area contributed by atoms with E-state index < -0.39 is 17.4 Å². The Morgan fingerprint density at radius 3 is 2.46 bits per heavy atom. The molecule has 1 amide bonds. The van der Waals surface area contributed by atoms with Crippen molar-refractivity contribution in [3.8, 4) is 11.5 Å². The summed E-state index contributed by atoms with van der Waals surface area (Å²) in [4.78, 5) is 39.1. The molecule has 8 heteroatoms. The lowest BCUT2D eigenvalue weighted by Gasteiger charge is -2.12. The predicted octanol–water partition coefficient (Wildman–Crippen LogP) is 2.13. The SMILES string of the molecule is CCOC(=O)c1cc(C(=O)Nc2ccc(OC)cc2OC)c(=O)[nH]c1C. The van der Waals surface area contributed by atoms with Gasteiger partial charge in [-0.25, -0.2) is 4.79 Å². The number of ether oxygens (including phenoxy) is 3. The summed E-state index contributed by atoms with van der Waals surface area (Å²) < 4.78 is 15.2. The molecule has 0 spiro atoms. The molecule has 2 N–H and O–H groups in total. The summed E-state index contributed by atoms with van der Waals surface area (Å²) in [7, 11) is 2.96. The highest BCUT2D eigenvalue weighted by molar-refractivity contribution is 6.06. The number of carbonyl (C=O) groups is 2. The fourth-order valence-corrected chi connectivity index (χ4v) is 2.30. The van der Waals surface area contributed by atoms with Crippen molar-refractivity contribution >= 4 is 17.6 Å². The lowest BCUT2D eigenvalue weighted by Crippen LogP contribution is -2.26. The van der Waals surface area contributed by atoms with Gasteiger partial charge < -0.3 is 24.5 Å². The minimum Gasteiger partial charge on any atom is -0.497 e. The van der Waals surface area contributed by atoms with E-state index in [1.54, 1.807) is 32.0 Å². The maximum absolute atomic E-state index is 12.5. The minimum atomic E-state index is -0.680. The van der Waals surface area contributed by atoms with Crippen LogP contribution in [0.15, 0.2) is 29.1 Å². The van der Waals surface area contributed by atoms with E-state index in [0.717, 1.165) is 0 Å². The van der Waals surface area contributed by atoms with Crippen LogP contribution in [0.25, 0.3) is 0 Å². The van der Waals surface area contributed by atoms with Gasteiger partial charge in [0.2, 0.25) is 0 Å². The largest absolute Gasteiger partial charge is 0.497 e. The van der Waals surface area contributed by atoms with Crippen molar-refractivity contribution in [2.45, 2.75) is 13.8 Å². The molecule has 26 heavy (non-hydrogen) atoms. The van der Waals surface area contributed by atoms with Gasteiger partial charge in [-0.05, 0) is 32.0 Å². The molecule has 138 valence electrons. The van der Waals surface area contributed by atoms with Crippen molar-refractivity contribution in [1.29, 1.82) is 0 Å². The number of carbonyl (C=O) groups excluding carboxylic acids is 2. The topological polar surface area (TPSA) is 107 Å². The quantitative estimate of drug-likeness (QED) is 0.764. The third-order valence-corrected chi connectivity index (χ3v) is 3.64. The summed E-state index contributed by atoms with van der Waals surface area (Å²) in [5.41, 5.74) is -0.0154. The van der Waals surface area contributed by atoms with Crippen LogP contribution in [0.4, 0.5) is 5.69 Å². The first-order valence-corrected chi connectivity index (χ1v) is 7.85. The highest BCUT2D eigenvalue weighted by Gasteiger charge is 2.19. The second kappa shape index (κ2) is 8.19. The van der Waals surface area contributed by atoms with Crippen LogP contribution in [0.1, 0.15) is 33.3 Å². The van der Waals surface area contributed by atoms with Gasteiger partial charge in [0.25, 0.3) is 11.5 Å². The number of esters is 1. The van der Waals surface area contributed by atoms with Crippen LogP contribution >= 0.6 is 0 Å². The van der Waals surface area contributed by atoms with Crippen molar-refractivity contribution in [3.63, 3.8) is 0 Å². The van der Waals surface area contributed by atoms with Gasteiger partial charge in [0, 0.05) is 11.8 Å². The summed E-state index contributed by atoms with van der Waals surface area (Å²) in [5, 5.41) is 2.60. The Bertz CT molecular complexity index is 888. The molecule has 0 fully saturated rings. The van der Waals surface area contributed by atoms with Gasteiger partial charge in [-0.3, -0.25) is 9.59 Å². The maximum Gasteiger partial charge on any atom is 0.339 e. The molecular weight excluding hydrogens is 340 g/mol. The smallest absolute Gasteiger partial charge is 0.339 e. The Balaban J connectivity index is 2.37. The molecule has 1 heterocycles. The Morgan fingerprint density at radius 2 is 1.85 bits per heavy atom. The fraction of sp³-hybridized carbons (Fsp3) is 0.278. The lowest BCUT2D eigenvalue weighted by molar-refractivity contribution is 0.0525. The van der Waals surface area contributed by atoms with Gasteiger partial charge in [-0.2, -0.15) is 0 Å². The number of amides is 1. The van der Waals surface area contributed by atoms with Gasteiger partial charge in [0.15, 0.2) is 0 Å². The average Bonchev–Trinajstić information content (AvgIpc) is 2.62. The Kier molecular flexibility index (Phi) is 6.00.